The van der Waals surface area contributed by atoms with E-state index in [2.05, 4.69) is 148 Å². The van der Waals surface area contributed by atoms with E-state index in [4.69, 9.17) is 0 Å². The summed E-state index contributed by atoms with van der Waals surface area (Å²) in [5, 5.41) is 0. The van der Waals surface area contributed by atoms with Gasteiger partial charge in [0.2, 0.25) is 17.1 Å². The van der Waals surface area contributed by atoms with Gasteiger partial charge in [0.1, 0.15) is 0 Å². The highest BCUT2D eigenvalue weighted by Crippen LogP contribution is 2.53. The second kappa shape index (κ2) is 10.3. The van der Waals surface area contributed by atoms with Crippen LogP contribution in [0.4, 0.5) is 17.1 Å². The molecule has 0 saturated heterocycles. The number of hydrogen-bond acceptors (Lipinski definition) is 1. The summed E-state index contributed by atoms with van der Waals surface area (Å²) in [5.41, 5.74) is 2.86. The maximum absolute atomic E-state index is 3.74. The zero-order chi connectivity index (χ0) is 20.7. The maximum atomic E-state index is 3.74. The van der Waals surface area contributed by atoms with Gasteiger partial charge in [-0.25, -0.2) is 0 Å². The van der Waals surface area contributed by atoms with Crippen LogP contribution in [0.25, 0.3) is 0 Å². The molecule has 0 aliphatic carbocycles. The Kier molecular flexibility index (Phi) is 9.00. The Bertz CT molecular complexity index is 875. The minimum Gasteiger partial charge on any atom is -0.0528 e. The highest BCUT2D eigenvalue weighted by atomic mass is 79.9. The SMILES string of the molecule is Brc1cc(Br)c([N+](c2c(Br)cc(Br)cc2Br)c2c(Br)cc(Br)cc2Br)c(Br)c1. The predicted octanol–water partition coefficient (Wildman–Crippen LogP) is 12.0. The van der Waals surface area contributed by atoms with E-state index in [-0.39, 0.29) is 0 Å². The molecular weight excluding hydrogens is 949 g/mol. The number of benzene rings is 3. The van der Waals surface area contributed by atoms with E-state index in [0.717, 1.165) is 57.3 Å². The van der Waals surface area contributed by atoms with Crippen LogP contribution in [-0.2, 0) is 0 Å². The largest absolute Gasteiger partial charge is 0.221 e. The minimum atomic E-state index is 0.928. The van der Waals surface area contributed by atoms with E-state index in [1.54, 1.807) is 0 Å². The molecule has 0 aromatic heterocycles. The third-order valence-corrected chi connectivity index (χ3v) is 8.62. The Hall–Kier alpha value is 1.94. The molecule has 1 radical (unpaired) electrons. The lowest BCUT2D eigenvalue weighted by atomic mass is 10.2. The predicted molar refractivity (Wildman–Crippen MR) is 150 cm³/mol. The number of anilines is 3. The number of halogens is 9. The van der Waals surface area contributed by atoms with E-state index in [1.807, 2.05) is 36.4 Å². The summed E-state index contributed by atoms with van der Waals surface area (Å²) in [5.74, 6) is 0. The van der Waals surface area contributed by atoms with Crippen molar-refractivity contribution in [3.05, 3.63) is 76.7 Å². The second-order valence-corrected chi connectivity index (χ2v) is 13.4. The molecule has 0 unspecified atom stereocenters. The van der Waals surface area contributed by atoms with E-state index >= 15 is 0 Å². The standard InChI is InChI=1S/C18H6Br9N/c19-7-1-10(22)16(11(23)2-7)28(17-12(24)3-8(20)4-13(17)25)18-14(26)5-9(21)6-15(18)27/h1-6H/q+1. The molecule has 0 atom stereocenters. The second-order valence-electron chi connectivity index (χ2n) is 5.49. The third-order valence-electron chi connectivity index (χ3n) is 3.62. The van der Waals surface area contributed by atoms with Crippen molar-refractivity contribution in [2.45, 2.75) is 0 Å². The van der Waals surface area contributed by atoms with Gasteiger partial charge in [0, 0.05) is 13.4 Å². The first-order valence-corrected chi connectivity index (χ1v) is 14.5. The van der Waals surface area contributed by atoms with Crippen LogP contribution in [0.3, 0.4) is 0 Å². The molecular formula is C18H6Br9N+. The first-order valence-electron chi connectivity index (χ1n) is 7.34. The molecule has 0 spiro atoms. The molecule has 3 aromatic rings. The lowest BCUT2D eigenvalue weighted by Crippen LogP contribution is -2.15. The summed E-state index contributed by atoms with van der Waals surface area (Å²) >= 11 is 33.1. The fourth-order valence-corrected chi connectivity index (χ4v) is 10.4. The van der Waals surface area contributed by atoms with E-state index in [0.29, 0.717) is 0 Å². The summed E-state index contributed by atoms with van der Waals surface area (Å²) < 4.78 is 8.48. The molecule has 0 bridgehead atoms. The maximum Gasteiger partial charge on any atom is 0.221 e. The van der Waals surface area contributed by atoms with Crippen molar-refractivity contribution in [3.63, 3.8) is 0 Å². The number of hydrogen-bond donors (Lipinski definition) is 0. The van der Waals surface area contributed by atoms with Crippen molar-refractivity contribution in [3.8, 4) is 0 Å². The molecule has 3 rings (SSSR count). The molecule has 145 valence electrons. The van der Waals surface area contributed by atoms with Crippen LogP contribution >= 0.6 is 143 Å². The Labute approximate surface area is 238 Å². The highest BCUT2D eigenvalue weighted by Gasteiger charge is 2.38. The molecule has 0 N–H and O–H groups in total. The first kappa shape index (κ1) is 24.6. The zero-order valence-corrected chi connectivity index (χ0v) is 27.6. The molecule has 0 fully saturated rings. The van der Waals surface area contributed by atoms with Crippen molar-refractivity contribution in [1.82, 2.24) is 4.90 Å². The molecule has 0 saturated carbocycles. The van der Waals surface area contributed by atoms with Gasteiger partial charge in [-0.3, -0.25) is 0 Å². The van der Waals surface area contributed by atoms with Gasteiger partial charge >= 0.3 is 0 Å². The van der Waals surface area contributed by atoms with Gasteiger partial charge in [-0.15, -0.1) is 0 Å². The van der Waals surface area contributed by atoms with Crippen molar-refractivity contribution < 1.29 is 0 Å². The topological polar surface area (TPSA) is 5.90 Å². The van der Waals surface area contributed by atoms with E-state index in [9.17, 15) is 0 Å². The monoisotopic (exact) mass is 946 g/mol. The molecule has 10 heteroatoms. The minimum absolute atomic E-state index is 0.928. The van der Waals surface area contributed by atoms with Gasteiger partial charge in [0.25, 0.3) is 0 Å². The van der Waals surface area contributed by atoms with Gasteiger partial charge in [0.15, 0.2) is 0 Å². The van der Waals surface area contributed by atoms with Crippen LogP contribution in [0.2, 0.25) is 0 Å². The molecule has 3 aromatic carbocycles. The van der Waals surface area contributed by atoms with Gasteiger partial charge in [-0.2, -0.15) is 0 Å². The fraction of sp³-hybridized carbons (Fsp3) is 0. The van der Waals surface area contributed by atoms with Crippen LogP contribution in [0.15, 0.2) is 76.7 Å². The van der Waals surface area contributed by atoms with Crippen molar-refractivity contribution in [2.75, 3.05) is 0 Å². The first-order chi connectivity index (χ1) is 13.1. The molecule has 0 aliphatic heterocycles. The number of rotatable bonds is 3. The molecule has 0 amide bonds. The fourth-order valence-electron chi connectivity index (χ4n) is 2.58. The average molecular weight is 955 g/mol. The van der Waals surface area contributed by atoms with Gasteiger partial charge in [0.05, 0.1) is 26.8 Å². The summed E-state index contributed by atoms with van der Waals surface area (Å²) in [7, 11) is 0. The lowest BCUT2D eigenvalue weighted by molar-refractivity contribution is 0.899. The molecule has 28 heavy (non-hydrogen) atoms. The lowest BCUT2D eigenvalue weighted by Gasteiger charge is -2.19. The van der Waals surface area contributed by atoms with Gasteiger partial charge < -0.3 is 0 Å². The Morgan fingerprint density at radius 1 is 0.357 bits per heavy atom. The van der Waals surface area contributed by atoms with Crippen molar-refractivity contribution >= 4 is 160 Å². The Morgan fingerprint density at radius 3 is 0.714 bits per heavy atom. The summed E-state index contributed by atoms with van der Waals surface area (Å²) in [6.45, 7) is 0. The van der Waals surface area contributed by atoms with Crippen LogP contribution in [-0.4, -0.2) is 0 Å². The Balaban J connectivity index is 2.45. The van der Waals surface area contributed by atoms with E-state index in [1.165, 1.54) is 0 Å². The molecule has 1 nitrogen and oxygen atoms in total. The van der Waals surface area contributed by atoms with Crippen molar-refractivity contribution in [2.24, 2.45) is 0 Å². The van der Waals surface area contributed by atoms with Crippen LogP contribution in [0, 0.1) is 0 Å². The average Bonchev–Trinajstić information content (AvgIpc) is 2.51. The van der Waals surface area contributed by atoms with Gasteiger partial charge in [-0.05, 0) is 132 Å². The normalized spacial score (nSPS) is 11.4. The van der Waals surface area contributed by atoms with E-state index < -0.39 is 0 Å². The van der Waals surface area contributed by atoms with Crippen molar-refractivity contribution in [1.29, 1.82) is 0 Å². The zero-order valence-electron chi connectivity index (χ0n) is 13.3. The quantitative estimate of drug-likeness (QED) is 0.231. The third kappa shape index (κ3) is 5.29. The molecule has 0 heterocycles. The van der Waals surface area contributed by atoms with Crippen LogP contribution in [0.5, 0.6) is 0 Å². The smallest absolute Gasteiger partial charge is 0.0528 e. The Morgan fingerprint density at radius 2 is 0.536 bits per heavy atom. The summed E-state index contributed by atoms with van der Waals surface area (Å²) in [4.78, 5) is 2.17. The van der Waals surface area contributed by atoms with Crippen LogP contribution in [0.1, 0.15) is 0 Å². The van der Waals surface area contributed by atoms with Crippen LogP contribution < -0.4 is 4.90 Å². The van der Waals surface area contributed by atoms with Gasteiger partial charge in [-0.1, -0.05) is 52.7 Å². The number of nitrogens with zero attached hydrogens (tertiary/aromatic N) is 1. The summed E-state index contributed by atoms with van der Waals surface area (Å²) in [6, 6.07) is 12.1. The summed E-state index contributed by atoms with van der Waals surface area (Å²) in [6.07, 6.45) is 0. The highest BCUT2D eigenvalue weighted by molar-refractivity contribution is 9.12. The molecule has 0 aliphatic rings.